The second-order valence-corrected chi connectivity index (χ2v) is 2.96. The van der Waals surface area contributed by atoms with E-state index in [1.54, 1.807) is 4.68 Å². The number of aromatic nitrogens is 2. The first kappa shape index (κ1) is 9.39. The Hall–Kier alpha value is -1.70. The molecule has 1 unspecified atom stereocenters. The highest BCUT2D eigenvalue weighted by Crippen LogP contribution is 2.22. The Morgan fingerprint density at radius 2 is 2.23 bits per heavy atom. The Morgan fingerprint density at radius 1 is 1.62 bits per heavy atom. The highest BCUT2D eigenvalue weighted by molar-refractivity contribution is 5.61. The summed E-state index contributed by atoms with van der Waals surface area (Å²) in [5.74, 6) is 0.564. The van der Waals surface area contributed by atoms with Crippen molar-refractivity contribution >= 4 is 11.6 Å². The van der Waals surface area contributed by atoms with E-state index in [-0.39, 0.29) is 17.4 Å². The zero-order chi connectivity index (χ0) is 10.0. The van der Waals surface area contributed by atoms with Crippen molar-refractivity contribution in [3.63, 3.8) is 0 Å². The predicted octanol–water partition coefficient (Wildman–Crippen LogP) is 0.890. The molecule has 0 aliphatic heterocycles. The van der Waals surface area contributed by atoms with Crippen LogP contribution in [0.5, 0.6) is 0 Å². The Labute approximate surface area is 76.9 Å². The van der Waals surface area contributed by atoms with Gasteiger partial charge in [-0.2, -0.15) is 10.4 Å². The number of nitrogens with zero attached hydrogens (tertiary/aromatic N) is 3. The van der Waals surface area contributed by atoms with E-state index in [1.807, 2.05) is 19.9 Å². The Balaban J connectivity index is 3.20. The van der Waals surface area contributed by atoms with Crippen LogP contribution >= 0.6 is 0 Å². The van der Waals surface area contributed by atoms with Gasteiger partial charge in [0, 0.05) is 0 Å². The van der Waals surface area contributed by atoms with Crippen LogP contribution in [0.25, 0.3) is 0 Å². The molecule has 0 saturated heterocycles. The molecule has 1 heterocycles. The number of nitrogen functional groups attached to an aromatic ring is 2. The van der Waals surface area contributed by atoms with Gasteiger partial charge < -0.3 is 11.5 Å². The molecule has 1 aromatic heterocycles. The third-order valence-electron chi connectivity index (χ3n) is 2.09. The highest BCUT2D eigenvalue weighted by atomic mass is 15.3. The fourth-order valence-electron chi connectivity index (χ4n) is 1.09. The maximum absolute atomic E-state index is 8.70. The number of hydrogen-bond donors (Lipinski definition) is 2. The second kappa shape index (κ2) is 3.35. The summed E-state index contributed by atoms with van der Waals surface area (Å²) < 4.78 is 1.59. The zero-order valence-corrected chi connectivity index (χ0v) is 7.78. The van der Waals surface area contributed by atoms with Crippen molar-refractivity contribution in [2.75, 3.05) is 11.5 Å². The van der Waals surface area contributed by atoms with Gasteiger partial charge in [-0.05, 0) is 13.3 Å². The van der Waals surface area contributed by atoms with E-state index in [4.69, 9.17) is 16.7 Å². The standard InChI is InChI=1S/C8H13N5/c1-3-5(2)13-8(11)6(4-9)7(10)12-13/h5H,3,11H2,1-2H3,(H2,10,12). The van der Waals surface area contributed by atoms with E-state index in [0.29, 0.717) is 5.82 Å². The molecular formula is C8H13N5. The lowest BCUT2D eigenvalue weighted by Crippen LogP contribution is -2.09. The fraction of sp³-hybridized carbons (Fsp3) is 0.500. The van der Waals surface area contributed by atoms with Crippen LogP contribution in [0.1, 0.15) is 31.9 Å². The molecule has 0 radical (unpaired) electrons. The molecule has 0 saturated carbocycles. The predicted molar refractivity (Wildman–Crippen MR) is 50.8 cm³/mol. The van der Waals surface area contributed by atoms with Crippen LogP contribution < -0.4 is 11.5 Å². The Kier molecular flexibility index (Phi) is 2.42. The van der Waals surface area contributed by atoms with E-state index < -0.39 is 0 Å². The molecule has 1 atom stereocenters. The van der Waals surface area contributed by atoms with E-state index in [9.17, 15) is 0 Å². The number of anilines is 2. The summed E-state index contributed by atoms with van der Waals surface area (Å²) in [4.78, 5) is 0. The molecule has 5 heteroatoms. The van der Waals surface area contributed by atoms with Crippen molar-refractivity contribution in [3.05, 3.63) is 5.56 Å². The monoisotopic (exact) mass is 179 g/mol. The van der Waals surface area contributed by atoms with Crippen molar-refractivity contribution in [1.29, 1.82) is 5.26 Å². The fourth-order valence-corrected chi connectivity index (χ4v) is 1.09. The van der Waals surface area contributed by atoms with E-state index in [0.717, 1.165) is 6.42 Å². The SMILES string of the molecule is CCC(C)n1nc(N)c(C#N)c1N. The van der Waals surface area contributed by atoms with Crippen LogP contribution in [0, 0.1) is 11.3 Å². The van der Waals surface area contributed by atoms with Gasteiger partial charge >= 0.3 is 0 Å². The highest BCUT2D eigenvalue weighted by Gasteiger charge is 2.15. The van der Waals surface area contributed by atoms with Crippen LogP contribution in [0.2, 0.25) is 0 Å². The Morgan fingerprint density at radius 3 is 2.62 bits per heavy atom. The first-order chi connectivity index (χ1) is 6.11. The van der Waals surface area contributed by atoms with Gasteiger partial charge in [0.05, 0.1) is 6.04 Å². The second-order valence-electron chi connectivity index (χ2n) is 2.96. The van der Waals surface area contributed by atoms with Gasteiger partial charge in [0.15, 0.2) is 5.82 Å². The number of nitrogens with two attached hydrogens (primary N) is 2. The van der Waals surface area contributed by atoms with E-state index >= 15 is 0 Å². The van der Waals surface area contributed by atoms with Crippen molar-refractivity contribution < 1.29 is 0 Å². The number of rotatable bonds is 2. The van der Waals surface area contributed by atoms with E-state index in [2.05, 4.69) is 5.10 Å². The van der Waals surface area contributed by atoms with Crippen molar-refractivity contribution in [1.82, 2.24) is 9.78 Å². The minimum Gasteiger partial charge on any atom is -0.383 e. The minimum absolute atomic E-state index is 0.171. The first-order valence-electron chi connectivity index (χ1n) is 4.15. The molecule has 4 N–H and O–H groups in total. The van der Waals surface area contributed by atoms with Crippen LogP contribution in [0.3, 0.4) is 0 Å². The molecule has 1 aromatic rings. The largest absolute Gasteiger partial charge is 0.383 e. The third-order valence-corrected chi connectivity index (χ3v) is 2.09. The topological polar surface area (TPSA) is 93.6 Å². The molecule has 70 valence electrons. The molecular weight excluding hydrogens is 166 g/mol. The van der Waals surface area contributed by atoms with E-state index in [1.165, 1.54) is 0 Å². The number of hydrogen-bond acceptors (Lipinski definition) is 4. The zero-order valence-electron chi connectivity index (χ0n) is 7.78. The lowest BCUT2D eigenvalue weighted by Gasteiger charge is -2.10. The van der Waals surface area contributed by atoms with Gasteiger partial charge in [0.25, 0.3) is 0 Å². The molecule has 0 fully saturated rings. The quantitative estimate of drug-likeness (QED) is 0.705. The van der Waals surface area contributed by atoms with Gasteiger partial charge in [0.2, 0.25) is 0 Å². The van der Waals surface area contributed by atoms with Gasteiger partial charge in [-0.1, -0.05) is 6.92 Å². The summed E-state index contributed by atoms with van der Waals surface area (Å²) in [6.45, 7) is 4.00. The van der Waals surface area contributed by atoms with Gasteiger partial charge in [-0.3, -0.25) is 0 Å². The Bertz CT molecular complexity index is 346. The molecule has 5 nitrogen and oxygen atoms in total. The van der Waals surface area contributed by atoms with Crippen molar-refractivity contribution in [2.45, 2.75) is 26.3 Å². The van der Waals surface area contributed by atoms with Gasteiger partial charge in [-0.15, -0.1) is 0 Å². The maximum atomic E-state index is 8.70. The molecule has 13 heavy (non-hydrogen) atoms. The summed E-state index contributed by atoms with van der Waals surface area (Å²) in [5, 5.41) is 12.7. The smallest absolute Gasteiger partial charge is 0.165 e. The average molecular weight is 179 g/mol. The first-order valence-corrected chi connectivity index (χ1v) is 4.15. The van der Waals surface area contributed by atoms with Crippen molar-refractivity contribution in [2.24, 2.45) is 0 Å². The molecule has 0 aliphatic carbocycles. The maximum Gasteiger partial charge on any atom is 0.165 e. The lowest BCUT2D eigenvalue weighted by molar-refractivity contribution is 0.486. The van der Waals surface area contributed by atoms with Gasteiger partial charge in [-0.25, -0.2) is 4.68 Å². The third kappa shape index (κ3) is 1.43. The molecule has 0 amide bonds. The summed E-state index contributed by atoms with van der Waals surface area (Å²) in [6.07, 6.45) is 0.899. The molecule has 0 aliphatic rings. The molecule has 1 rings (SSSR count). The van der Waals surface area contributed by atoms with Crippen LogP contribution in [0.4, 0.5) is 11.6 Å². The normalized spacial score (nSPS) is 12.4. The molecule has 0 aromatic carbocycles. The minimum atomic E-state index is 0.171. The van der Waals surface area contributed by atoms with Crippen LogP contribution in [-0.4, -0.2) is 9.78 Å². The van der Waals surface area contributed by atoms with Crippen molar-refractivity contribution in [3.8, 4) is 6.07 Å². The molecule has 0 spiro atoms. The molecule has 0 bridgehead atoms. The summed E-state index contributed by atoms with van der Waals surface area (Å²) >= 11 is 0. The van der Waals surface area contributed by atoms with Gasteiger partial charge in [0.1, 0.15) is 17.5 Å². The van der Waals surface area contributed by atoms with Crippen LogP contribution in [-0.2, 0) is 0 Å². The lowest BCUT2D eigenvalue weighted by atomic mass is 10.2. The summed E-state index contributed by atoms with van der Waals surface area (Å²) in [5.41, 5.74) is 11.5. The average Bonchev–Trinajstić information content (AvgIpc) is 2.40. The summed E-state index contributed by atoms with van der Waals surface area (Å²) in [7, 11) is 0. The summed E-state index contributed by atoms with van der Waals surface area (Å²) in [6, 6.07) is 2.10. The van der Waals surface area contributed by atoms with Crippen LogP contribution in [0.15, 0.2) is 0 Å². The number of nitriles is 1.